The van der Waals surface area contributed by atoms with Gasteiger partial charge in [0.25, 0.3) is 5.91 Å². The summed E-state index contributed by atoms with van der Waals surface area (Å²) in [7, 11) is 0. The highest BCUT2D eigenvalue weighted by Crippen LogP contribution is 2.11. The van der Waals surface area contributed by atoms with E-state index in [9.17, 15) is 9.59 Å². The molecule has 0 aliphatic heterocycles. The van der Waals surface area contributed by atoms with Gasteiger partial charge in [0, 0.05) is 11.6 Å². The lowest BCUT2D eigenvalue weighted by Gasteiger charge is -2.12. The minimum Gasteiger partial charge on any atom is -0.494 e. The maximum absolute atomic E-state index is 11.8. The first-order valence-electron chi connectivity index (χ1n) is 6.87. The molecule has 2 N–H and O–H groups in total. The molecule has 0 heterocycles. The second-order valence-corrected chi connectivity index (χ2v) is 4.52. The Labute approximate surface area is 119 Å². The van der Waals surface area contributed by atoms with E-state index in [1.165, 1.54) is 0 Å². The number of benzene rings is 1. The first kappa shape index (κ1) is 16.0. The van der Waals surface area contributed by atoms with Crippen molar-refractivity contribution in [2.45, 2.75) is 33.2 Å². The van der Waals surface area contributed by atoms with E-state index >= 15 is 0 Å². The Hall–Kier alpha value is -2.04. The van der Waals surface area contributed by atoms with E-state index in [1.807, 2.05) is 20.8 Å². The third-order valence-electron chi connectivity index (χ3n) is 2.86. The third kappa shape index (κ3) is 5.30. The lowest BCUT2D eigenvalue weighted by Crippen LogP contribution is -2.40. The van der Waals surface area contributed by atoms with Gasteiger partial charge in [-0.3, -0.25) is 9.59 Å². The highest BCUT2D eigenvalue weighted by molar-refractivity contribution is 5.96. The summed E-state index contributed by atoms with van der Waals surface area (Å²) in [4.78, 5) is 23.4. The summed E-state index contributed by atoms with van der Waals surface area (Å²) in [5, 5.41) is 5.38. The van der Waals surface area contributed by atoms with Gasteiger partial charge in [-0.05, 0) is 44.5 Å². The Morgan fingerprint density at radius 3 is 2.40 bits per heavy atom. The van der Waals surface area contributed by atoms with E-state index in [0.717, 1.165) is 12.2 Å². The quantitative estimate of drug-likeness (QED) is 0.798. The maximum atomic E-state index is 11.8. The van der Waals surface area contributed by atoms with E-state index in [4.69, 9.17) is 4.74 Å². The number of hydrogen-bond acceptors (Lipinski definition) is 3. The summed E-state index contributed by atoms with van der Waals surface area (Å²) >= 11 is 0. The predicted octanol–water partition coefficient (Wildman–Crippen LogP) is 1.73. The molecule has 20 heavy (non-hydrogen) atoms. The molecule has 5 heteroatoms. The van der Waals surface area contributed by atoms with Crippen LogP contribution in [0.3, 0.4) is 0 Å². The topological polar surface area (TPSA) is 67.4 Å². The molecule has 1 unspecified atom stereocenters. The van der Waals surface area contributed by atoms with Crippen molar-refractivity contribution in [2.24, 2.45) is 0 Å². The van der Waals surface area contributed by atoms with Gasteiger partial charge >= 0.3 is 0 Å². The van der Waals surface area contributed by atoms with Gasteiger partial charge in [-0.2, -0.15) is 0 Å². The third-order valence-corrected chi connectivity index (χ3v) is 2.86. The zero-order valence-corrected chi connectivity index (χ0v) is 12.2. The van der Waals surface area contributed by atoms with Crippen molar-refractivity contribution in [1.29, 1.82) is 0 Å². The largest absolute Gasteiger partial charge is 0.494 e. The Kier molecular flexibility index (Phi) is 6.56. The highest BCUT2D eigenvalue weighted by atomic mass is 16.5. The van der Waals surface area contributed by atoms with Gasteiger partial charge < -0.3 is 15.4 Å². The lowest BCUT2D eigenvalue weighted by molar-refractivity contribution is -0.120. The molecule has 0 radical (unpaired) electrons. The van der Waals surface area contributed by atoms with Crippen LogP contribution in [0.5, 0.6) is 5.75 Å². The fourth-order valence-electron chi connectivity index (χ4n) is 1.56. The van der Waals surface area contributed by atoms with Crippen molar-refractivity contribution >= 4 is 11.8 Å². The molecule has 0 spiro atoms. The van der Waals surface area contributed by atoms with E-state index in [0.29, 0.717) is 12.2 Å². The molecule has 0 bridgehead atoms. The minimum absolute atomic E-state index is 0.0175. The molecular formula is C15H22N2O3. The summed E-state index contributed by atoms with van der Waals surface area (Å²) in [6, 6.07) is 6.93. The molecule has 2 amide bonds. The standard InChI is InChI=1S/C15H22N2O3/c1-4-11(3)17-14(18)10-16-15(19)12-6-8-13(9-7-12)20-5-2/h6-9,11H,4-5,10H2,1-3H3,(H,16,19)(H,17,18). The van der Waals surface area contributed by atoms with Crippen LogP contribution in [0.15, 0.2) is 24.3 Å². The van der Waals surface area contributed by atoms with Gasteiger partial charge in [0.2, 0.25) is 5.91 Å². The molecular weight excluding hydrogens is 256 g/mol. The maximum Gasteiger partial charge on any atom is 0.251 e. The van der Waals surface area contributed by atoms with Crippen molar-refractivity contribution in [2.75, 3.05) is 13.2 Å². The number of carbonyl (C=O) groups is 2. The van der Waals surface area contributed by atoms with Crippen LogP contribution in [0.25, 0.3) is 0 Å². The Morgan fingerprint density at radius 2 is 1.85 bits per heavy atom. The summed E-state index contributed by atoms with van der Waals surface area (Å²) in [5.41, 5.74) is 0.504. The molecule has 1 rings (SSSR count). The molecule has 1 aromatic carbocycles. The van der Waals surface area contributed by atoms with E-state index in [1.54, 1.807) is 24.3 Å². The van der Waals surface area contributed by atoms with Gasteiger partial charge in [-0.1, -0.05) is 6.92 Å². The van der Waals surface area contributed by atoms with Gasteiger partial charge in [0.1, 0.15) is 5.75 Å². The molecule has 0 aromatic heterocycles. The zero-order chi connectivity index (χ0) is 15.0. The highest BCUT2D eigenvalue weighted by Gasteiger charge is 2.09. The summed E-state index contributed by atoms with van der Waals surface area (Å²) in [6.45, 7) is 6.38. The number of carbonyl (C=O) groups excluding carboxylic acids is 2. The average Bonchev–Trinajstić information content (AvgIpc) is 2.45. The Bertz CT molecular complexity index is 443. The number of amides is 2. The Balaban J connectivity index is 2.44. The molecule has 0 saturated heterocycles. The molecule has 0 aliphatic carbocycles. The number of ether oxygens (including phenoxy) is 1. The van der Waals surface area contributed by atoms with Crippen LogP contribution in [-0.4, -0.2) is 31.0 Å². The minimum atomic E-state index is -0.271. The zero-order valence-electron chi connectivity index (χ0n) is 12.2. The van der Waals surface area contributed by atoms with Gasteiger partial charge in [0.15, 0.2) is 0 Å². The average molecular weight is 278 g/mol. The predicted molar refractivity (Wildman–Crippen MR) is 77.8 cm³/mol. The normalized spacial score (nSPS) is 11.6. The van der Waals surface area contributed by atoms with Crippen LogP contribution in [0.4, 0.5) is 0 Å². The van der Waals surface area contributed by atoms with Gasteiger partial charge in [-0.15, -0.1) is 0 Å². The second-order valence-electron chi connectivity index (χ2n) is 4.52. The van der Waals surface area contributed by atoms with Crippen molar-refractivity contribution < 1.29 is 14.3 Å². The first-order valence-corrected chi connectivity index (χ1v) is 6.87. The number of nitrogens with one attached hydrogen (secondary N) is 2. The number of hydrogen-bond donors (Lipinski definition) is 2. The second kappa shape index (κ2) is 8.19. The van der Waals surface area contributed by atoms with Crippen LogP contribution < -0.4 is 15.4 Å². The molecule has 110 valence electrons. The molecule has 1 atom stereocenters. The fourth-order valence-corrected chi connectivity index (χ4v) is 1.56. The smallest absolute Gasteiger partial charge is 0.251 e. The monoisotopic (exact) mass is 278 g/mol. The van der Waals surface area contributed by atoms with Gasteiger partial charge in [0.05, 0.1) is 13.2 Å². The van der Waals surface area contributed by atoms with Gasteiger partial charge in [-0.25, -0.2) is 0 Å². The summed E-state index contributed by atoms with van der Waals surface area (Å²) in [6.07, 6.45) is 0.860. The molecule has 0 aliphatic rings. The summed E-state index contributed by atoms with van der Waals surface area (Å²) in [5.74, 6) is 0.268. The van der Waals surface area contributed by atoms with Crippen molar-refractivity contribution in [1.82, 2.24) is 10.6 Å². The van der Waals surface area contributed by atoms with Crippen LogP contribution in [0.2, 0.25) is 0 Å². The van der Waals surface area contributed by atoms with E-state index in [-0.39, 0.29) is 24.4 Å². The molecule has 0 saturated carbocycles. The van der Waals surface area contributed by atoms with Crippen LogP contribution >= 0.6 is 0 Å². The number of rotatable bonds is 7. The molecule has 1 aromatic rings. The fraction of sp³-hybridized carbons (Fsp3) is 0.467. The molecule has 0 fully saturated rings. The van der Waals surface area contributed by atoms with Crippen LogP contribution in [0, 0.1) is 0 Å². The molecule has 5 nitrogen and oxygen atoms in total. The SMILES string of the molecule is CCOc1ccc(C(=O)NCC(=O)NC(C)CC)cc1. The van der Waals surface area contributed by atoms with E-state index < -0.39 is 0 Å². The lowest BCUT2D eigenvalue weighted by atomic mass is 10.2. The first-order chi connectivity index (χ1) is 9.56. The van der Waals surface area contributed by atoms with Crippen LogP contribution in [-0.2, 0) is 4.79 Å². The van der Waals surface area contributed by atoms with Crippen molar-refractivity contribution in [3.8, 4) is 5.75 Å². The Morgan fingerprint density at radius 1 is 1.20 bits per heavy atom. The van der Waals surface area contributed by atoms with Crippen molar-refractivity contribution in [3.05, 3.63) is 29.8 Å². The summed E-state index contributed by atoms with van der Waals surface area (Å²) < 4.78 is 5.30. The van der Waals surface area contributed by atoms with Crippen molar-refractivity contribution in [3.63, 3.8) is 0 Å². The van der Waals surface area contributed by atoms with E-state index in [2.05, 4.69) is 10.6 Å². The van der Waals surface area contributed by atoms with Crippen LogP contribution in [0.1, 0.15) is 37.6 Å².